The Bertz CT molecular complexity index is 364. The van der Waals surface area contributed by atoms with Gasteiger partial charge in [-0.3, -0.25) is 0 Å². The van der Waals surface area contributed by atoms with Crippen molar-refractivity contribution in [3.8, 4) is 0 Å². The van der Waals surface area contributed by atoms with Crippen molar-refractivity contribution in [1.29, 1.82) is 0 Å². The van der Waals surface area contributed by atoms with Crippen molar-refractivity contribution >= 4 is 11.3 Å². The fraction of sp³-hybridized carbons (Fsp3) is 0.769. The summed E-state index contributed by atoms with van der Waals surface area (Å²) in [5, 5.41) is 4.64. The van der Waals surface area contributed by atoms with Crippen LogP contribution in [0.1, 0.15) is 43.3 Å². The number of likely N-dealkylation sites (N-methyl/N-ethyl adjacent to an activating group) is 1. The molecule has 0 spiro atoms. The van der Waals surface area contributed by atoms with Gasteiger partial charge in [0.2, 0.25) is 0 Å². The summed E-state index contributed by atoms with van der Waals surface area (Å²) in [5.41, 5.74) is 1.00. The van der Waals surface area contributed by atoms with E-state index < -0.39 is 0 Å². The molecule has 1 heterocycles. The molecule has 17 heavy (non-hydrogen) atoms. The Morgan fingerprint density at radius 1 is 1.47 bits per heavy atom. The number of nitrogens with zero attached hydrogens (tertiary/aromatic N) is 1. The predicted molar refractivity (Wildman–Crippen MR) is 73.7 cm³/mol. The molecule has 1 rings (SSSR count). The minimum absolute atomic E-state index is 0.0951. The van der Waals surface area contributed by atoms with Gasteiger partial charge in [-0.15, -0.1) is 11.3 Å². The normalized spacial score (nSPS) is 16.8. The van der Waals surface area contributed by atoms with E-state index in [0.717, 1.165) is 18.0 Å². The fourth-order valence-corrected chi connectivity index (χ4v) is 3.18. The predicted octanol–water partition coefficient (Wildman–Crippen LogP) is 2.87. The zero-order chi connectivity index (χ0) is 13.1. The van der Waals surface area contributed by atoms with Crippen LogP contribution in [0.25, 0.3) is 0 Å². The van der Waals surface area contributed by atoms with Crippen molar-refractivity contribution in [1.82, 2.24) is 10.3 Å². The SMILES string of the molecule is CCNC(C)(c1nc(CC)c(C)s1)C(C)OC. The van der Waals surface area contributed by atoms with Gasteiger partial charge in [-0.2, -0.15) is 0 Å². The van der Waals surface area contributed by atoms with Gasteiger partial charge in [0.15, 0.2) is 0 Å². The lowest BCUT2D eigenvalue weighted by atomic mass is 9.96. The molecule has 0 saturated heterocycles. The fourth-order valence-electron chi connectivity index (χ4n) is 1.97. The lowest BCUT2D eigenvalue weighted by Crippen LogP contribution is -2.48. The molecular weight excluding hydrogens is 232 g/mol. The van der Waals surface area contributed by atoms with Gasteiger partial charge in [-0.25, -0.2) is 4.98 Å². The number of nitrogens with one attached hydrogen (secondary N) is 1. The molecule has 1 aromatic heterocycles. The average Bonchev–Trinajstić information content (AvgIpc) is 2.70. The minimum atomic E-state index is -0.202. The average molecular weight is 256 g/mol. The second-order valence-corrected chi connectivity index (χ2v) is 5.69. The van der Waals surface area contributed by atoms with Crippen molar-refractivity contribution in [2.45, 2.75) is 52.7 Å². The van der Waals surface area contributed by atoms with Crippen LogP contribution in [0.2, 0.25) is 0 Å². The molecule has 3 nitrogen and oxygen atoms in total. The van der Waals surface area contributed by atoms with Crippen LogP contribution in [0.4, 0.5) is 0 Å². The highest BCUT2D eigenvalue weighted by Gasteiger charge is 2.35. The first-order chi connectivity index (χ1) is 7.99. The number of ether oxygens (including phenoxy) is 1. The number of hydrogen-bond donors (Lipinski definition) is 1. The molecule has 0 aromatic carbocycles. The molecule has 1 N–H and O–H groups in total. The van der Waals surface area contributed by atoms with Gasteiger partial charge in [0.1, 0.15) is 5.01 Å². The van der Waals surface area contributed by atoms with E-state index >= 15 is 0 Å². The van der Waals surface area contributed by atoms with E-state index in [1.165, 1.54) is 10.6 Å². The molecule has 4 heteroatoms. The maximum atomic E-state index is 5.51. The van der Waals surface area contributed by atoms with Gasteiger partial charge in [-0.1, -0.05) is 13.8 Å². The molecule has 2 atom stereocenters. The molecule has 0 aliphatic carbocycles. The van der Waals surface area contributed by atoms with Gasteiger partial charge in [-0.05, 0) is 33.7 Å². The standard InChI is InChI=1S/C13H24N2OS/c1-7-11-9(3)17-12(15-11)13(5,14-8-2)10(4)16-6/h10,14H,7-8H2,1-6H3. The summed E-state index contributed by atoms with van der Waals surface area (Å²) in [6.07, 6.45) is 1.09. The molecular formula is C13H24N2OS. The van der Waals surface area contributed by atoms with Crippen LogP contribution >= 0.6 is 11.3 Å². The van der Waals surface area contributed by atoms with Gasteiger partial charge in [0.25, 0.3) is 0 Å². The number of hydrogen-bond acceptors (Lipinski definition) is 4. The third kappa shape index (κ3) is 2.87. The van der Waals surface area contributed by atoms with E-state index in [2.05, 4.69) is 39.9 Å². The van der Waals surface area contributed by atoms with Gasteiger partial charge in [0.05, 0.1) is 17.3 Å². The van der Waals surface area contributed by atoms with Gasteiger partial charge in [0, 0.05) is 12.0 Å². The summed E-state index contributed by atoms with van der Waals surface area (Å²) in [7, 11) is 1.75. The Kier molecular flexibility index (Phi) is 5.10. The van der Waals surface area contributed by atoms with Crippen molar-refractivity contribution in [2.24, 2.45) is 0 Å². The van der Waals surface area contributed by atoms with Crippen LogP contribution in [0, 0.1) is 6.92 Å². The molecule has 98 valence electrons. The first-order valence-electron chi connectivity index (χ1n) is 6.24. The Labute approximate surface area is 109 Å². The van der Waals surface area contributed by atoms with Crippen LogP contribution in [-0.4, -0.2) is 24.7 Å². The van der Waals surface area contributed by atoms with Crippen LogP contribution in [0.15, 0.2) is 0 Å². The Hall–Kier alpha value is -0.450. The van der Waals surface area contributed by atoms with Crippen molar-refractivity contribution < 1.29 is 4.74 Å². The molecule has 0 aliphatic rings. The molecule has 0 fully saturated rings. The molecule has 0 aliphatic heterocycles. The lowest BCUT2D eigenvalue weighted by molar-refractivity contribution is 0.0369. The summed E-state index contributed by atoms with van der Waals surface area (Å²) in [5.74, 6) is 0. The lowest BCUT2D eigenvalue weighted by Gasteiger charge is -2.33. The molecule has 0 bridgehead atoms. The van der Waals surface area contributed by atoms with Crippen LogP contribution in [0.3, 0.4) is 0 Å². The van der Waals surface area contributed by atoms with E-state index in [4.69, 9.17) is 9.72 Å². The maximum Gasteiger partial charge on any atom is 0.116 e. The summed E-state index contributed by atoms with van der Waals surface area (Å²) < 4.78 is 5.51. The van der Waals surface area contributed by atoms with Crippen LogP contribution < -0.4 is 5.32 Å². The van der Waals surface area contributed by atoms with Crippen LogP contribution in [0.5, 0.6) is 0 Å². The number of methoxy groups -OCH3 is 1. The van der Waals surface area contributed by atoms with Gasteiger partial charge >= 0.3 is 0 Å². The number of rotatable bonds is 6. The van der Waals surface area contributed by atoms with Crippen molar-refractivity contribution in [2.75, 3.05) is 13.7 Å². The monoisotopic (exact) mass is 256 g/mol. The Morgan fingerprint density at radius 2 is 2.12 bits per heavy atom. The topological polar surface area (TPSA) is 34.2 Å². The number of thiazole rings is 1. The Morgan fingerprint density at radius 3 is 2.53 bits per heavy atom. The van der Waals surface area contributed by atoms with E-state index in [1.807, 2.05) is 0 Å². The number of aromatic nitrogens is 1. The second-order valence-electron chi connectivity index (χ2n) is 4.49. The first kappa shape index (κ1) is 14.6. The highest BCUT2D eigenvalue weighted by Crippen LogP contribution is 2.31. The smallest absolute Gasteiger partial charge is 0.116 e. The second kappa shape index (κ2) is 5.94. The molecule has 2 unspecified atom stereocenters. The molecule has 0 radical (unpaired) electrons. The highest BCUT2D eigenvalue weighted by atomic mass is 32.1. The number of aryl methyl sites for hydroxylation is 2. The third-order valence-corrected chi connectivity index (χ3v) is 4.63. The highest BCUT2D eigenvalue weighted by molar-refractivity contribution is 7.11. The summed E-state index contributed by atoms with van der Waals surface area (Å²) in [4.78, 5) is 6.08. The molecule has 1 aromatic rings. The van der Waals surface area contributed by atoms with E-state index in [0.29, 0.717) is 0 Å². The van der Waals surface area contributed by atoms with Crippen LogP contribution in [-0.2, 0) is 16.7 Å². The van der Waals surface area contributed by atoms with Crippen molar-refractivity contribution in [3.05, 3.63) is 15.6 Å². The summed E-state index contributed by atoms with van der Waals surface area (Å²) >= 11 is 1.78. The maximum absolute atomic E-state index is 5.51. The third-order valence-electron chi connectivity index (χ3n) is 3.38. The van der Waals surface area contributed by atoms with Gasteiger partial charge < -0.3 is 10.1 Å². The van der Waals surface area contributed by atoms with E-state index in [-0.39, 0.29) is 11.6 Å². The zero-order valence-electron chi connectivity index (χ0n) is 11.8. The molecule has 0 amide bonds. The van der Waals surface area contributed by atoms with E-state index in [9.17, 15) is 0 Å². The Balaban J connectivity index is 3.12. The largest absolute Gasteiger partial charge is 0.379 e. The van der Waals surface area contributed by atoms with E-state index in [1.54, 1.807) is 18.4 Å². The van der Waals surface area contributed by atoms with Crippen molar-refractivity contribution in [3.63, 3.8) is 0 Å². The first-order valence-corrected chi connectivity index (χ1v) is 7.05. The minimum Gasteiger partial charge on any atom is -0.379 e. The summed E-state index contributed by atoms with van der Waals surface area (Å²) in [6.45, 7) is 11.6. The molecule has 0 saturated carbocycles. The quantitative estimate of drug-likeness (QED) is 0.850. The zero-order valence-corrected chi connectivity index (χ0v) is 12.6. The summed E-state index contributed by atoms with van der Waals surface area (Å²) in [6, 6.07) is 0.